The SMILES string of the molecule is Nc1nc(NCc2ccccc2)nn1Cc1ccccc1. The van der Waals surface area contributed by atoms with E-state index in [2.05, 4.69) is 27.5 Å². The molecule has 0 atom stereocenters. The van der Waals surface area contributed by atoms with Gasteiger partial charge in [-0.25, -0.2) is 4.68 Å². The number of nitrogen functional groups attached to an aromatic ring is 1. The average Bonchev–Trinajstić information content (AvgIpc) is 2.87. The van der Waals surface area contributed by atoms with E-state index in [1.165, 1.54) is 5.56 Å². The first kappa shape index (κ1) is 13.2. The number of hydrogen-bond acceptors (Lipinski definition) is 4. The van der Waals surface area contributed by atoms with Gasteiger partial charge in [0.25, 0.3) is 0 Å². The van der Waals surface area contributed by atoms with Crippen molar-refractivity contribution in [1.29, 1.82) is 0 Å². The predicted octanol–water partition coefficient (Wildman–Crippen LogP) is 2.52. The quantitative estimate of drug-likeness (QED) is 0.753. The molecule has 0 saturated heterocycles. The van der Waals surface area contributed by atoms with E-state index in [0.717, 1.165) is 5.56 Å². The van der Waals surface area contributed by atoms with Crippen molar-refractivity contribution in [3.8, 4) is 0 Å². The molecule has 0 radical (unpaired) electrons. The summed E-state index contributed by atoms with van der Waals surface area (Å²) in [5, 5.41) is 7.57. The molecular weight excluding hydrogens is 262 g/mol. The van der Waals surface area contributed by atoms with Crippen molar-refractivity contribution in [3.63, 3.8) is 0 Å². The van der Waals surface area contributed by atoms with Gasteiger partial charge < -0.3 is 11.1 Å². The Bertz CT molecular complexity index is 691. The predicted molar refractivity (Wildman–Crippen MR) is 83.7 cm³/mol. The second-order valence-electron chi connectivity index (χ2n) is 4.78. The maximum Gasteiger partial charge on any atom is 0.244 e. The Morgan fingerprint density at radius 3 is 2.19 bits per heavy atom. The van der Waals surface area contributed by atoms with E-state index in [1.807, 2.05) is 48.5 Å². The zero-order valence-corrected chi connectivity index (χ0v) is 11.6. The van der Waals surface area contributed by atoms with Gasteiger partial charge in [-0.15, -0.1) is 5.10 Å². The molecule has 0 aliphatic rings. The highest BCUT2D eigenvalue weighted by Gasteiger charge is 2.07. The zero-order chi connectivity index (χ0) is 14.5. The molecule has 21 heavy (non-hydrogen) atoms. The second kappa shape index (κ2) is 6.09. The summed E-state index contributed by atoms with van der Waals surface area (Å²) in [4.78, 5) is 4.24. The molecule has 5 heteroatoms. The number of aromatic nitrogens is 3. The molecule has 1 heterocycles. The van der Waals surface area contributed by atoms with Gasteiger partial charge in [0.05, 0.1) is 6.54 Å². The smallest absolute Gasteiger partial charge is 0.244 e. The number of anilines is 2. The highest BCUT2D eigenvalue weighted by Crippen LogP contribution is 2.10. The van der Waals surface area contributed by atoms with Gasteiger partial charge in [0, 0.05) is 6.54 Å². The molecule has 5 nitrogen and oxygen atoms in total. The Kier molecular flexibility index (Phi) is 3.82. The first-order chi connectivity index (χ1) is 10.3. The van der Waals surface area contributed by atoms with E-state index in [0.29, 0.717) is 25.0 Å². The molecule has 0 bridgehead atoms. The minimum atomic E-state index is 0.411. The third-order valence-corrected chi connectivity index (χ3v) is 3.17. The fraction of sp³-hybridized carbons (Fsp3) is 0.125. The van der Waals surface area contributed by atoms with Gasteiger partial charge in [-0.1, -0.05) is 60.7 Å². The molecule has 3 N–H and O–H groups in total. The van der Waals surface area contributed by atoms with Crippen LogP contribution in [0.5, 0.6) is 0 Å². The van der Waals surface area contributed by atoms with Crippen molar-refractivity contribution in [3.05, 3.63) is 71.8 Å². The molecule has 0 aliphatic carbocycles. The highest BCUT2D eigenvalue weighted by molar-refractivity contribution is 5.33. The normalized spacial score (nSPS) is 10.5. The summed E-state index contributed by atoms with van der Waals surface area (Å²) in [6, 6.07) is 20.2. The van der Waals surface area contributed by atoms with Crippen LogP contribution in [0.1, 0.15) is 11.1 Å². The fourth-order valence-electron chi connectivity index (χ4n) is 2.08. The summed E-state index contributed by atoms with van der Waals surface area (Å²) < 4.78 is 1.70. The lowest BCUT2D eigenvalue weighted by Crippen LogP contribution is -2.06. The van der Waals surface area contributed by atoms with Crippen LogP contribution < -0.4 is 11.1 Å². The molecule has 3 aromatic rings. The van der Waals surface area contributed by atoms with Crippen LogP contribution in [-0.2, 0) is 13.1 Å². The minimum absolute atomic E-state index is 0.411. The Balaban J connectivity index is 1.67. The van der Waals surface area contributed by atoms with Crippen LogP contribution in [-0.4, -0.2) is 14.8 Å². The average molecular weight is 279 g/mol. The molecule has 0 fully saturated rings. The number of nitrogens with zero attached hydrogens (tertiary/aromatic N) is 3. The van der Waals surface area contributed by atoms with Crippen LogP contribution in [0.2, 0.25) is 0 Å². The van der Waals surface area contributed by atoms with Gasteiger partial charge >= 0.3 is 0 Å². The van der Waals surface area contributed by atoms with Crippen LogP contribution in [0.3, 0.4) is 0 Å². The first-order valence-corrected chi connectivity index (χ1v) is 6.83. The number of rotatable bonds is 5. The standard InChI is InChI=1S/C16H17N5/c17-15-19-16(18-11-13-7-3-1-4-8-13)20-21(15)12-14-9-5-2-6-10-14/h1-10H,11-12H2,(H3,17,18,19,20). The minimum Gasteiger partial charge on any atom is -0.368 e. The van der Waals surface area contributed by atoms with Crippen LogP contribution >= 0.6 is 0 Å². The lowest BCUT2D eigenvalue weighted by atomic mass is 10.2. The highest BCUT2D eigenvalue weighted by atomic mass is 15.4. The number of benzene rings is 2. The Labute approximate surface area is 123 Å². The van der Waals surface area contributed by atoms with Crippen molar-refractivity contribution in [2.45, 2.75) is 13.1 Å². The molecule has 0 saturated carbocycles. The maximum absolute atomic E-state index is 5.91. The van der Waals surface area contributed by atoms with Crippen molar-refractivity contribution in [1.82, 2.24) is 14.8 Å². The van der Waals surface area contributed by atoms with Crippen LogP contribution in [0.4, 0.5) is 11.9 Å². The summed E-state index contributed by atoms with van der Waals surface area (Å²) >= 11 is 0. The molecule has 0 spiro atoms. The molecule has 1 aromatic heterocycles. The molecule has 3 rings (SSSR count). The van der Waals surface area contributed by atoms with Gasteiger partial charge in [0.1, 0.15) is 0 Å². The molecule has 0 unspecified atom stereocenters. The van der Waals surface area contributed by atoms with E-state index in [1.54, 1.807) is 4.68 Å². The van der Waals surface area contributed by atoms with Crippen molar-refractivity contribution in [2.24, 2.45) is 0 Å². The second-order valence-corrected chi connectivity index (χ2v) is 4.78. The van der Waals surface area contributed by atoms with Gasteiger partial charge in [0.15, 0.2) is 0 Å². The van der Waals surface area contributed by atoms with E-state index in [9.17, 15) is 0 Å². The van der Waals surface area contributed by atoms with Crippen LogP contribution in [0, 0.1) is 0 Å². The maximum atomic E-state index is 5.91. The Morgan fingerprint density at radius 2 is 1.52 bits per heavy atom. The van der Waals surface area contributed by atoms with E-state index in [-0.39, 0.29) is 0 Å². The van der Waals surface area contributed by atoms with Crippen LogP contribution in [0.25, 0.3) is 0 Å². The summed E-state index contributed by atoms with van der Waals surface area (Å²) in [5.74, 6) is 0.960. The summed E-state index contributed by atoms with van der Waals surface area (Å²) in [5.41, 5.74) is 8.23. The first-order valence-electron chi connectivity index (χ1n) is 6.83. The topological polar surface area (TPSA) is 68.8 Å². The van der Waals surface area contributed by atoms with Gasteiger partial charge in [0.2, 0.25) is 11.9 Å². The Morgan fingerprint density at radius 1 is 0.905 bits per heavy atom. The molecule has 2 aromatic carbocycles. The van der Waals surface area contributed by atoms with Gasteiger partial charge in [-0.2, -0.15) is 4.98 Å². The lowest BCUT2D eigenvalue weighted by Gasteiger charge is -2.02. The van der Waals surface area contributed by atoms with Gasteiger partial charge in [-0.05, 0) is 11.1 Å². The van der Waals surface area contributed by atoms with Crippen molar-refractivity contribution < 1.29 is 0 Å². The lowest BCUT2D eigenvalue weighted by molar-refractivity contribution is 0.697. The third-order valence-electron chi connectivity index (χ3n) is 3.17. The fourth-order valence-corrected chi connectivity index (χ4v) is 2.08. The molecule has 0 amide bonds. The summed E-state index contributed by atoms with van der Waals surface area (Å²) in [6.45, 7) is 1.29. The van der Waals surface area contributed by atoms with E-state index >= 15 is 0 Å². The number of nitrogens with two attached hydrogens (primary N) is 1. The summed E-state index contributed by atoms with van der Waals surface area (Å²) in [7, 11) is 0. The Hall–Kier alpha value is -2.82. The molecular formula is C16H17N5. The van der Waals surface area contributed by atoms with Crippen molar-refractivity contribution in [2.75, 3.05) is 11.1 Å². The monoisotopic (exact) mass is 279 g/mol. The van der Waals surface area contributed by atoms with Gasteiger partial charge in [-0.3, -0.25) is 0 Å². The number of hydrogen-bond donors (Lipinski definition) is 2. The van der Waals surface area contributed by atoms with E-state index in [4.69, 9.17) is 5.73 Å². The third kappa shape index (κ3) is 3.39. The van der Waals surface area contributed by atoms with Crippen molar-refractivity contribution >= 4 is 11.9 Å². The van der Waals surface area contributed by atoms with E-state index < -0.39 is 0 Å². The number of nitrogens with one attached hydrogen (secondary N) is 1. The van der Waals surface area contributed by atoms with Crippen LogP contribution in [0.15, 0.2) is 60.7 Å². The largest absolute Gasteiger partial charge is 0.368 e. The summed E-state index contributed by atoms with van der Waals surface area (Å²) in [6.07, 6.45) is 0. The zero-order valence-electron chi connectivity index (χ0n) is 11.6. The molecule has 106 valence electrons. The molecule has 0 aliphatic heterocycles.